The predicted octanol–water partition coefficient (Wildman–Crippen LogP) is 4.04. The molecular weight excluding hydrogens is 293 g/mol. The number of aromatic nitrogens is 1. The molecule has 0 bridgehead atoms. The number of nitrogens with one attached hydrogen (secondary N) is 2. The lowest BCUT2D eigenvalue weighted by molar-refractivity contribution is -0.114. The number of carbonyl (C=O) groups excluding carboxylic acids is 1. The number of hydrogen-bond donors (Lipinski definition) is 2. The predicted molar refractivity (Wildman–Crippen MR) is 91.0 cm³/mol. The van der Waals surface area contributed by atoms with E-state index in [0.717, 1.165) is 16.6 Å². The van der Waals surface area contributed by atoms with Crippen molar-refractivity contribution in [2.75, 3.05) is 17.7 Å². The van der Waals surface area contributed by atoms with Crippen LogP contribution < -0.4 is 10.6 Å². The van der Waals surface area contributed by atoms with Crippen LogP contribution >= 0.6 is 0 Å². The van der Waals surface area contributed by atoms with Gasteiger partial charge in [-0.3, -0.25) is 4.79 Å². The molecule has 0 fully saturated rings. The summed E-state index contributed by atoms with van der Waals surface area (Å²) in [5, 5.41) is 6.77. The lowest BCUT2D eigenvalue weighted by atomic mass is 10.1. The highest BCUT2D eigenvalue weighted by Crippen LogP contribution is 2.30. The van der Waals surface area contributed by atoms with Gasteiger partial charge in [0.1, 0.15) is 5.82 Å². The third-order valence-corrected chi connectivity index (χ3v) is 3.52. The lowest BCUT2D eigenvalue weighted by Gasteiger charge is -2.11. The molecule has 0 radical (unpaired) electrons. The van der Waals surface area contributed by atoms with Crippen LogP contribution in [0.2, 0.25) is 0 Å². The number of anilines is 2. The molecule has 3 aromatic rings. The summed E-state index contributed by atoms with van der Waals surface area (Å²) in [6.45, 7) is 1.47. The van der Waals surface area contributed by atoms with Gasteiger partial charge in [-0.15, -0.1) is 0 Å². The standard InChI is InChI=1S/C18H16FN3O/c1-11(23)21-14-6-7-16-15(9-14)18(20-2)10-17(22-16)12-4-3-5-13(19)8-12/h3-10H,1-2H3,(H,20,22)(H,21,23). The summed E-state index contributed by atoms with van der Waals surface area (Å²) in [6.07, 6.45) is 0. The maximum Gasteiger partial charge on any atom is 0.221 e. The topological polar surface area (TPSA) is 54.0 Å². The molecule has 0 atom stereocenters. The van der Waals surface area contributed by atoms with Gasteiger partial charge < -0.3 is 10.6 Å². The zero-order chi connectivity index (χ0) is 16.4. The fourth-order valence-corrected chi connectivity index (χ4v) is 2.51. The number of carbonyl (C=O) groups is 1. The Kier molecular flexibility index (Phi) is 3.93. The summed E-state index contributed by atoms with van der Waals surface area (Å²) in [5.41, 5.74) is 3.75. The summed E-state index contributed by atoms with van der Waals surface area (Å²) in [6, 6.07) is 13.7. The fourth-order valence-electron chi connectivity index (χ4n) is 2.51. The Morgan fingerprint density at radius 3 is 2.65 bits per heavy atom. The Morgan fingerprint density at radius 1 is 1.13 bits per heavy atom. The average molecular weight is 309 g/mol. The fraction of sp³-hybridized carbons (Fsp3) is 0.111. The number of fused-ring (bicyclic) bond motifs is 1. The monoisotopic (exact) mass is 309 g/mol. The van der Waals surface area contributed by atoms with E-state index < -0.39 is 0 Å². The molecule has 0 aliphatic heterocycles. The minimum absolute atomic E-state index is 0.125. The van der Waals surface area contributed by atoms with E-state index in [1.54, 1.807) is 12.1 Å². The molecule has 0 spiro atoms. The van der Waals surface area contributed by atoms with E-state index in [1.807, 2.05) is 31.3 Å². The maximum absolute atomic E-state index is 13.4. The second kappa shape index (κ2) is 6.04. The zero-order valence-electron chi connectivity index (χ0n) is 12.9. The molecule has 23 heavy (non-hydrogen) atoms. The smallest absolute Gasteiger partial charge is 0.221 e. The first-order chi connectivity index (χ1) is 11.1. The highest BCUT2D eigenvalue weighted by Gasteiger charge is 2.09. The number of rotatable bonds is 3. The van der Waals surface area contributed by atoms with Crippen LogP contribution in [0.25, 0.3) is 22.2 Å². The van der Waals surface area contributed by atoms with E-state index in [1.165, 1.54) is 19.1 Å². The van der Waals surface area contributed by atoms with Gasteiger partial charge in [0.15, 0.2) is 0 Å². The first kappa shape index (κ1) is 15.0. The molecule has 0 aliphatic rings. The molecule has 4 nitrogen and oxygen atoms in total. The van der Waals surface area contributed by atoms with Crippen molar-refractivity contribution < 1.29 is 9.18 Å². The molecule has 1 heterocycles. The van der Waals surface area contributed by atoms with Crippen LogP contribution in [0.5, 0.6) is 0 Å². The van der Waals surface area contributed by atoms with Crippen LogP contribution in [0, 0.1) is 5.82 Å². The zero-order valence-corrected chi connectivity index (χ0v) is 12.9. The summed E-state index contributed by atoms with van der Waals surface area (Å²) in [7, 11) is 1.81. The minimum atomic E-state index is -0.295. The summed E-state index contributed by atoms with van der Waals surface area (Å²) >= 11 is 0. The van der Waals surface area contributed by atoms with Gasteiger partial charge in [0.05, 0.1) is 11.2 Å². The molecule has 3 rings (SSSR count). The first-order valence-electron chi connectivity index (χ1n) is 7.23. The van der Waals surface area contributed by atoms with Gasteiger partial charge in [0.25, 0.3) is 0 Å². The molecule has 0 saturated heterocycles. The number of amides is 1. The van der Waals surface area contributed by atoms with Crippen LogP contribution in [-0.4, -0.2) is 17.9 Å². The van der Waals surface area contributed by atoms with E-state index in [0.29, 0.717) is 16.9 Å². The van der Waals surface area contributed by atoms with Gasteiger partial charge in [0.2, 0.25) is 5.91 Å². The molecule has 2 aromatic carbocycles. The van der Waals surface area contributed by atoms with Gasteiger partial charge in [-0.25, -0.2) is 9.37 Å². The van der Waals surface area contributed by atoms with Gasteiger partial charge in [-0.1, -0.05) is 12.1 Å². The molecule has 116 valence electrons. The Hall–Kier alpha value is -2.95. The lowest BCUT2D eigenvalue weighted by Crippen LogP contribution is -2.05. The van der Waals surface area contributed by atoms with E-state index in [2.05, 4.69) is 15.6 Å². The van der Waals surface area contributed by atoms with Crippen molar-refractivity contribution in [3.05, 3.63) is 54.3 Å². The van der Waals surface area contributed by atoms with Gasteiger partial charge in [-0.05, 0) is 36.4 Å². The Balaban J connectivity index is 2.15. The molecular formula is C18H16FN3O. The minimum Gasteiger partial charge on any atom is -0.388 e. The SMILES string of the molecule is CNc1cc(-c2cccc(F)c2)nc2ccc(NC(C)=O)cc12. The summed E-state index contributed by atoms with van der Waals surface area (Å²) in [5.74, 6) is -0.420. The van der Waals surface area contributed by atoms with Crippen molar-refractivity contribution in [1.82, 2.24) is 4.98 Å². The number of halogens is 1. The second-order valence-electron chi connectivity index (χ2n) is 5.23. The first-order valence-corrected chi connectivity index (χ1v) is 7.23. The molecule has 1 aromatic heterocycles. The quantitative estimate of drug-likeness (QED) is 0.767. The highest BCUT2D eigenvalue weighted by atomic mass is 19.1. The largest absolute Gasteiger partial charge is 0.388 e. The van der Waals surface area contributed by atoms with Gasteiger partial charge >= 0.3 is 0 Å². The van der Waals surface area contributed by atoms with Crippen LogP contribution in [0.15, 0.2) is 48.5 Å². The summed E-state index contributed by atoms with van der Waals surface area (Å²) < 4.78 is 13.4. The molecule has 0 saturated carbocycles. The third kappa shape index (κ3) is 3.13. The van der Waals surface area contributed by atoms with Crippen LogP contribution in [0.3, 0.4) is 0 Å². The molecule has 0 unspecified atom stereocenters. The molecule has 1 amide bonds. The van der Waals surface area contributed by atoms with Crippen molar-refractivity contribution >= 4 is 28.2 Å². The van der Waals surface area contributed by atoms with E-state index >= 15 is 0 Å². The number of pyridine rings is 1. The van der Waals surface area contributed by atoms with Crippen molar-refractivity contribution in [2.45, 2.75) is 6.92 Å². The van der Waals surface area contributed by atoms with Crippen molar-refractivity contribution in [2.24, 2.45) is 0 Å². The van der Waals surface area contributed by atoms with E-state index in [9.17, 15) is 9.18 Å². The molecule has 5 heteroatoms. The van der Waals surface area contributed by atoms with E-state index in [4.69, 9.17) is 0 Å². The summed E-state index contributed by atoms with van der Waals surface area (Å²) in [4.78, 5) is 15.8. The molecule has 2 N–H and O–H groups in total. The highest BCUT2D eigenvalue weighted by molar-refractivity contribution is 5.98. The number of benzene rings is 2. The second-order valence-corrected chi connectivity index (χ2v) is 5.23. The van der Waals surface area contributed by atoms with Gasteiger partial charge in [-0.2, -0.15) is 0 Å². The maximum atomic E-state index is 13.4. The van der Waals surface area contributed by atoms with Crippen molar-refractivity contribution in [1.29, 1.82) is 0 Å². The third-order valence-electron chi connectivity index (χ3n) is 3.52. The average Bonchev–Trinajstić information content (AvgIpc) is 2.53. The molecule has 0 aliphatic carbocycles. The van der Waals surface area contributed by atoms with Crippen LogP contribution in [-0.2, 0) is 4.79 Å². The Labute approximate surface area is 133 Å². The Bertz CT molecular complexity index is 893. The number of nitrogens with zero attached hydrogens (tertiary/aromatic N) is 1. The normalized spacial score (nSPS) is 10.6. The van der Waals surface area contributed by atoms with E-state index in [-0.39, 0.29) is 11.7 Å². The van der Waals surface area contributed by atoms with Crippen molar-refractivity contribution in [3.63, 3.8) is 0 Å². The van der Waals surface area contributed by atoms with Crippen LogP contribution in [0.4, 0.5) is 15.8 Å². The number of hydrogen-bond acceptors (Lipinski definition) is 3. The van der Waals surface area contributed by atoms with Crippen molar-refractivity contribution in [3.8, 4) is 11.3 Å². The van der Waals surface area contributed by atoms with Gasteiger partial charge in [0, 0.05) is 36.3 Å². The Morgan fingerprint density at radius 2 is 1.96 bits per heavy atom. The van der Waals surface area contributed by atoms with Crippen LogP contribution in [0.1, 0.15) is 6.92 Å².